The maximum atomic E-state index is 11.8. The number of nitrogens with one attached hydrogen (secondary N) is 2. The molecule has 0 aliphatic carbocycles. The first-order chi connectivity index (χ1) is 9.70. The van der Waals surface area contributed by atoms with E-state index in [0.717, 1.165) is 0 Å². The number of fused-ring (bicyclic) bond motifs is 1. The van der Waals surface area contributed by atoms with Crippen LogP contribution in [0.3, 0.4) is 0 Å². The monoisotopic (exact) mass is 268 g/mol. The van der Waals surface area contributed by atoms with E-state index in [1.54, 1.807) is 49.6 Å². The third-order valence-corrected chi connectivity index (χ3v) is 2.67. The highest BCUT2D eigenvalue weighted by atomic mass is 16.3. The Bertz CT molecular complexity index is 752. The van der Waals surface area contributed by atoms with Crippen LogP contribution in [0.15, 0.2) is 47.1 Å². The van der Waals surface area contributed by atoms with Gasteiger partial charge >= 0.3 is 6.03 Å². The molecular formula is C14H12N4O2. The summed E-state index contributed by atoms with van der Waals surface area (Å²) in [6, 6.07) is 8.47. The number of carbonyl (C=O) groups excluding carboxylic acids is 1. The molecule has 0 aliphatic heterocycles. The molecule has 6 heteroatoms. The molecule has 0 unspecified atom stereocenters. The van der Waals surface area contributed by atoms with Gasteiger partial charge in [0.25, 0.3) is 0 Å². The minimum absolute atomic E-state index is 0.336. The Morgan fingerprint density at radius 2 is 2.05 bits per heavy atom. The molecule has 0 fully saturated rings. The summed E-state index contributed by atoms with van der Waals surface area (Å²) in [5.41, 5.74) is 2.68. The first kappa shape index (κ1) is 12.2. The lowest BCUT2D eigenvalue weighted by molar-refractivity contribution is 0.262. The number of oxazole rings is 1. The number of rotatable bonds is 2. The van der Waals surface area contributed by atoms with Gasteiger partial charge in [0.1, 0.15) is 5.52 Å². The lowest BCUT2D eigenvalue weighted by atomic mass is 10.3. The molecule has 0 saturated heterocycles. The fourth-order valence-corrected chi connectivity index (χ4v) is 1.85. The molecule has 1 aromatic carbocycles. The molecule has 2 amide bonds. The van der Waals surface area contributed by atoms with Crippen molar-refractivity contribution in [3.05, 3.63) is 48.6 Å². The van der Waals surface area contributed by atoms with Crippen molar-refractivity contribution < 1.29 is 9.21 Å². The van der Waals surface area contributed by atoms with Gasteiger partial charge in [-0.2, -0.15) is 0 Å². The normalized spacial score (nSPS) is 10.4. The van der Waals surface area contributed by atoms with Crippen molar-refractivity contribution in [2.24, 2.45) is 0 Å². The fourth-order valence-electron chi connectivity index (χ4n) is 1.85. The van der Waals surface area contributed by atoms with Gasteiger partial charge in [0.05, 0.1) is 11.9 Å². The number of hydrogen-bond acceptors (Lipinski definition) is 4. The highest BCUT2D eigenvalue weighted by molar-refractivity contribution is 6.00. The Balaban J connectivity index is 1.74. The van der Waals surface area contributed by atoms with Gasteiger partial charge < -0.3 is 15.1 Å². The number of pyridine rings is 1. The van der Waals surface area contributed by atoms with Crippen molar-refractivity contribution in [2.45, 2.75) is 6.92 Å². The van der Waals surface area contributed by atoms with Gasteiger partial charge in [-0.25, -0.2) is 9.78 Å². The maximum absolute atomic E-state index is 11.8. The lowest BCUT2D eigenvalue weighted by Crippen LogP contribution is -2.19. The second-order valence-corrected chi connectivity index (χ2v) is 4.24. The van der Waals surface area contributed by atoms with Crippen molar-refractivity contribution in [3.63, 3.8) is 0 Å². The summed E-state index contributed by atoms with van der Waals surface area (Å²) in [5, 5.41) is 5.42. The highest BCUT2D eigenvalue weighted by Gasteiger charge is 2.06. The van der Waals surface area contributed by atoms with E-state index in [1.807, 2.05) is 0 Å². The van der Waals surface area contributed by atoms with Gasteiger partial charge in [-0.1, -0.05) is 0 Å². The predicted molar refractivity (Wildman–Crippen MR) is 75.6 cm³/mol. The van der Waals surface area contributed by atoms with E-state index in [0.29, 0.717) is 28.4 Å². The summed E-state index contributed by atoms with van der Waals surface area (Å²) in [6.07, 6.45) is 3.22. The van der Waals surface area contributed by atoms with Crippen LogP contribution in [-0.4, -0.2) is 16.0 Å². The van der Waals surface area contributed by atoms with Gasteiger partial charge in [-0.3, -0.25) is 4.98 Å². The smallest absolute Gasteiger partial charge is 0.323 e. The molecule has 20 heavy (non-hydrogen) atoms. The quantitative estimate of drug-likeness (QED) is 0.748. The van der Waals surface area contributed by atoms with Gasteiger partial charge in [0.2, 0.25) is 0 Å². The number of urea groups is 1. The standard InChI is InChI=1S/C14H12N4O2/c1-9-16-12-7-10(4-5-13(12)20-9)17-14(19)18-11-3-2-6-15-8-11/h2-8H,1H3,(H2,17,18,19). The number of benzene rings is 1. The van der Waals surface area contributed by atoms with E-state index in [2.05, 4.69) is 20.6 Å². The Morgan fingerprint density at radius 1 is 1.20 bits per heavy atom. The van der Waals surface area contributed by atoms with Gasteiger partial charge in [0, 0.05) is 18.8 Å². The molecule has 0 spiro atoms. The molecule has 3 rings (SSSR count). The number of nitrogens with zero attached hydrogens (tertiary/aromatic N) is 2. The van der Waals surface area contributed by atoms with E-state index < -0.39 is 0 Å². The van der Waals surface area contributed by atoms with Crippen molar-refractivity contribution in [1.82, 2.24) is 9.97 Å². The van der Waals surface area contributed by atoms with Crippen LogP contribution in [0, 0.1) is 6.92 Å². The second kappa shape index (κ2) is 5.00. The van der Waals surface area contributed by atoms with Crippen LogP contribution in [0.25, 0.3) is 11.1 Å². The summed E-state index contributed by atoms with van der Waals surface area (Å²) in [4.78, 5) is 20.0. The highest BCUT2D eigenvalue weighted by Crippen LogP contribution is 2.19. The summed E-state index contributed by atoms with van der Waals surface area (Å²) in [5.74, 6) is 0.594. The first-order valence-corrected chi connectivity index (χ1v) is 6.06. The molecule has 0 saturated carbocycles. The average Bonchev–Trinajstić information content (AvgIpc) is 2.79. The molecule has 2 heterocycles. The van der Waals surface area contributed by atoms with Crippen LogP contribution in [0.5, 0.6) is 0 Å². The third-order valence-electron chi connectivity index (χ3n) is 2.67. The zero-order valence-corrected chi connectivity index (χ0v) is 10.8. The largest absolute Gasteiger partial charge is 0.441 e. The zero-order valence-electron chi connectivity index (χ0n) is 10.8. The van der Waals surface area contributed by atoms with Gasteiger partial charge in [0.15, 0.2) is 11.5 Å². The summed E-state index contributed by atoms with van der Waals surface area (Å²) in [6.45, 7) is 1.78. The summed E-state index contributed by atoms with van der Waals surface area (Å²) in [7, 11) is 0. The molecule has 3 aromatic rings. The van der Waals surface area contributed by atoms with Crippen LogP contribution in [0.1, 0.15) is 5.89 Å². The third kappa shape index (κ3) is 2.59. The Labute approximate surface area is 114 Å². The minimum Gasteiger partial charge on any atom is -0.441 e. The average molecular weight is 268 g/mol. The van der Waals surface area contributed by atoms with Crippen LogP contribution < -0.4 is 10.6 Å². The molecule has 0 aliphatic rings. The van der Waals surface area contributed by atoms with E-state index >= 15 is 0 Å². The number of amides is 2. The zero-order chi connectivity index (χ0) is 13.9. The van der Waals surface area contributed by atoms with Crippen molar-refractivity contribution in [2.75, 3.05) is 10.6 Å². The Morgan fingerprint density at radius 3 is 2.85 bits per heavy atom. The molecule has 6 nitrogen and oxygen atoms in total. The topological polar surface area (TPSA) is 80.0 Å². The van der Waals surface area contributed by atoms with Crippen LogP contribution in [0.2, 0.25) is 0 Å². The second-order valence-electron chi connectivity index (χ2n) is 4.24. The Kier molecular flexibility index (Phi) is 3.04. The minimum atomic E-state index is -0.336. The predicted octanol–water partition coefficient (Wildman–Crippen LogP) is 3.18. The number of aryl methyl sites for hydroxylation is 1. The van der Waals surface area contributed by atoms with E-state index in [1.165, 1.54) is 0 Å². The molecule has 2 aromatic heterocycles. The van der Waals surface area contributed by atoms with E-state index in [-0.39, 0.29) is 6.03 Å². The van der Waals surface area contributed by atoms with Crippen LogP contribution >= 0.6 is 0 Å². The first-order valence-electron chi connectivity index (χ1n) is 6.06. The molecule has 2 N–H and O–H groups in total. The SMILES string of the molecule is Cc1nc2cc(NC(=O)Nc3cccnc3)ccc2o1. The summed E-state index contributed by atoms with van der Waals surface area (Å²) >= 11 is 0. The maximum Gasteiger partial charge on any atom is 0.323 e. The van der Waals surface area contributed by atoms with E-state index in [4.69, 9.17) is 4.42 Å². The molecule has 0 bridgehead atoms. The van der Waals surface area contributed by atoms with Crippen molar-refractivity contribution in [3.8, 4) is 0 Å². The van der Waals surface area contributed by atoms with Crippen LogP contribution in [0.4, 0.5) is 16.2 Å². The van der Waals surface area contributed by atoms with Gasteiger partial charge in [-0.05, 0) is 30.3 Å². The van der Waals surface area contributed by atoms with Gasteiger partial charge in [-0.15, -0.1) is 0 Å². The molecular weight excluding hydrogens is 256 g/mol. The number of hydrogen-bond donors (Lipinski definition) is 2. The van der Waals surface area contributed by atoms with Crippen molar-refractivity contribution >= 4 is 28.5 Å². The molecule has 0 atom stereocenters. The molecule has 0 radical (unpaired) electrons. The molecule has 100 valence electrons. The van der Waals surface area contributed by atoms with Crippen molar-refractivity contribution in [1.29, 1.82) is 0 Å². The lowest BCUT2D eigenvalue weighted by Gasteiger charge is -2.06. The summed E-state index contributed by atoms with van der Waals surface area (Å²) < 4.78 is 5.38. The Hall–Kier alpha value is -2.89. The number of aromatic nitrogens is 2. The van der Waals surface area contributed by atoms with Crippen LogP contribution in [-0.2, 0) is 0 Å². The number of anilines is 2. The number of carbonyl (C=O) groups is 1. The van der Waals surface area contributed by atoms with E-state index in [9.17, 15) is 4.79 Å². The fraction of sp³-hybridized carbons (Fsp3) is 0.0714.